The normalized spacial score (nSPS) is 18.6. The SMILES string of the molecule is COc1cc(C(=O)NC[C@@](O)(c2cc3c(c(-c4ccc(F)cc4)n2)OC[C@@]3(C)N)C(F)(F)F)ccc1OC[C@@H](C)O. The molecule has 2 heterocycles. The van der Waals surface area contributed by atoms with Crippen molar-refractivity contribution in [2.45, 2.75) is 37.3 Å². The van der Waals surface area contributed by atoms with Gasteiger partial charge in [-0.15, -0.1) is 0 Å². The average molecular weight is 580 g/mol. The first-order valence-corrected chi connectivity index (χ1v) is 12.5. The van der Waals surface area contributed by atoms with E-state index in [9.17, 15) is 32.6 Å². The highest BCUT2D eigenvalue weighted by Gasteiger charge is 2.57. The molecule has 0 bridgehead atoms. The third-order valence-electron chi connectivity index (χ3n) is 6.53. The number of halogens is 4. The van der Waals surface area contributed by atoms with Crippen LogP contribution in [0.5, 0.6) is 17.2 Å². The second-order valence-electron chi connectivity index (χ2n) is 10.0. The number of amides is 1. The summed E-state index contributed by atoms with van der Waals surface area (Å²) in [5, 5.41) is 22.6. The molecular weight excluding hydrogens is 550 g/mol. The van der Waals surface area contributed by atoms with E-state index < -0.39 is 47.4 Å². The summed E-state index contributed by atoms with van der Waals surface area (Å²) in [6.45, 7) is 1.64. The fourth-order valence-corrected chi connectivity index (χ4v) is 4.20. The van der Waals surface area contributed by atoms with Gasteiger partial charge in [0.25, 0.3) is 5.91 Å². The van der Waals surface area contributed by atoms with E-state index in [1.807, 2.05) is 0 Å². The predicted octanol–water partition coefficient (Wildman–Crippen LogP) is 3.40. The Bertz CT molecular complexity index is 1430. The Labute approximate surface area is 232 Å². The highest BCUT2D eigenvalue weighted by molar-refractivity contribution is 5.95. The topological polar surface area (TPSA) is 136 Å². The number of ether oxygens (including phenoxy) is 3. The van der Waals surface area contributed by atoms with Crippen molar-refractivity contribution in [2.75, 3.05) is 26.9 Å². The molecule has 0 aliphatic carbocycles. The standard InChI is InChI=1S/C28H29F4N3O6/c1-15(36)12-40-20-9-6-17(10-21(20)39-3)25(37)34-13-27(38,28(30,31)32)22-11-19-24(41-14-26(19,2)33)23(35-22)16-4-7-18(29)8-5-16/h4-11,15,36,38H,12-14,33H2,1-3H3,(H,34,37)/t15-,26-,27-/m1/s1. The molecule has 9 nitrogen and oxygen atoms in total. The number of nitrogens with zero attached hydrogens (tertiary/aromatic N) is 1. The minimum Gasteiger partial charge on any atom is -0.493 e. The van der Waals surface area contributed by atoms with Gasteiger partial charge in [-0.3, -0.25) is 4.79 Å². The first kappa shape index (κ1) is 30.0. The lowest BCUT2D eigenvalue weighted by Crippen LogP contribution is -2.51. The number of nitrogens with two attached hydrogens (primary N) is 1. The summed E-state index contributed by atoms with van der Waals surface area (Å²) in [6.07, 6.45) is -6.06. The van der Waals surface area contributed by atoms with Crippen LogP contribution in [0, 0.1) is 5.82 Å². The number of aliphatic hydroxyl groups is 2. The summed E-state index contributed by atoms with van der Waals surface area (Å²) in [5.41, 5.74) is 0.837. The van der Waals surface area contributed by atoms with Gasteiger partial charge in [0.05, 0.1) is 31.0 Å². The zero-order valence-corrected chi connectivity index (χ0v) is 22.4. The fourth-order valence-electron chi connectivity index (χ4n) is 4.20. The molecule has 2 aromatic carbocycles. The van der Waals surface area contributed by atoms with E-state index in [0.717, 1.165) is 18.2 Å². The van der Waals surface area contributed by atoms with Crippen LogP contribution in [0.3, 0.4) is 0 Å². The molecule has 0 spiro atoms. The molecule has 3 atom stereocenters. The number of aromatic nitrogens is 1. The molecule has 5 N–H and O–H groups in total. The lowest BCUT2D eigenvalue weighted by atomic mass is 9.89. The Kier molecular flexibility index (Phi) is 8.16. The summed E-state index contributed by atoms with van der Waals surface area (Å²) in [6, 6.07) is 9.75. The molecule has 220 valence electrons. The van der Waals surface area contributed by atoms with Crippen molar-refractivity contribution in [2.24, 2.45) is 5.73 Å². The third-order valence-corrected chi connectivity index (χ3v) is 6.53. The van der Waals surface area contributed by atoms with Gasteiger partial charge in [0.1, 0.15) is 24.7 Å². The van der Waals surface area contributed by atoms with Crippen LogP contribution < -0.4 is 25.3 Å². The molecule has 0 unspecified atom stereocenters. The lowest BCUT2D eigenvalue weighted by Gasteiger charge is -2.31. The molecule has 1 amide bonds. The number of aliphatic hydroxyl groups excluding tert-OH is 1. The Morgan fingerprint density at radius 2 is 1.88 bits per heavy atom. The summed E-state index contributed by atoms with van der Waals surface area (Å²) < 4.78 is 73.3. The Morgan fingerprint density at radius 3 is 2.49 bits per heavy atom. The molecule has 13 heteroatoms. The van der Waals surface area contributed by atoms with Crippen molar-refractivity contribution in [1.82, 2.24) is 10.3 Å². The van der Waals surface area contributed by atoms with Crippen molar-refractivity contribution >= 4 is 5.91 Å². The number of benzene rings is 2. The largest absolute Gasteiger partial charge is 0.493 e. The first-order valence-electron chi connectivity index (χ1n) is 12.5. The van der Waals surface area contributed by atoms with E-state index in [2.05, 4.69) is 10.3 Å². The molecule has 3 aromatic rings. The van der Waals surface area contributed by atoms with Crippen molar-refractivity contribution < 1.29 is 46.8 Å². The first-order chi connectivity index (χ1) is 19.2. The summed E-state index contributed by atoms with van der Waals surface area (Å²) in [7, 11) is 1.31. The number of rotatable bonds is 9. The maximum Gasteiger partial charge on any atom is 0.424 e. The van der Waals surface area contributed by atoms with Gasteiger partial charge in [0.15, 0.2) is 17.2 Å². The van der Waals surface area contributed by atoms with Gasteiger partial charge in [0.2, 0.25) is 5.60 Å². The number of carbonyl (C=O) groups is 1. The van der Waals surface area contributed by atoms with E-state index in [1.165, 1.54) is 44.4 Å². The van der Waals surface area contributed by atoms with Crippen LogP contribution >= 0.6 is 0 Å². The van der Waals surface area contributed by atoms with Gasteiger partial charge in [-0.1, -0.05) is 0 Å². The average Bonchev–Trinajstić information content (AvgIpc) is 3.23. The molecule has 0 saturated carbocycles. The molecular formula is C28H29F4N3O6. The van der Waals surface area contributed by atoms with Crippen molar-refractivity contribution in [3.63, 3.8) is 0 Å². The predicted molar refractivity (Wildman–Crippen MR) is 139 cm³/mol. The van der Waals surface area contributed by atoms with Crippen LogP contribution in [0.2, 0.25) is 0 Å². The zero-order chi connectivity index (χ0) is 30.2. The molecule has 0 saturated heterocycles. The number of fused-ring (bicyclic) bond motifs is 1. The van der Waals surface area contributed by atoms with Crippen molar-refractivity contribution in [3.05, 3.63) is 71.2 Å². The van der Waals surface area contributed by atoms with Gasteiger partial charge in [-0.2, -0.15) is 13.2 Å². The lowest BCUT2D eigenvalue weighted by molar-refractivity contribution is -0.265. The zero-order valence-electron chi connectivity index (χ0n) is 22.4. The number of hydrogen-bond donors (Lipinski definition) is 4. The van der Waals surface area contributed by atoms with Gasteiger partial charge in [-0.25, -0.2) is 9.37 Å². The monoisotopic (exact) mass is 579 g/mol. The summed E-state index contributed by atoms with van der Waals surface area (Å²) >= 11 is 0. The van der Waals surface area contributed by atoms with Gasteiger partial charge in [-0.05, 0) is 62.4 Å². The van der Waals surface area contributed by atoms with E-state index in [-0.39, 0.29) is 52.8 Å². The third kappa shape index (κ3) is 6.06. The molecule has 0 radical (unpaired) electrons. The Hall–Kier alpha value is -3.94. The quantitative estimate of drug-likeness (QED) is 0.283. The Balaban J connectivity index is 1.70. The van der Waals surface area contributed by atoms with E-state index >= 15 is 0 Å². The van der Waals surface area contributed by atoms with Crippen molar-refractivity contribution in [1.29, 1.82) is 0 Å². The number of carbonyl (C=O) groups excluding carboxylic acids is 1. The van der Waals surface area contributed by atoms with E-state index in [0.29, 0.717) is 0 Å². The highest BCUT2D eigenvalue weighted by atomic mass is 19.4. The van der Waals surface area contributed by atoms with Crippen LogP contribution in [-0.2, 0) is 11.1 Å². The maximum absolute atomic E-state index is 14.5. The number of methoxy groups -OCH3 is 1. The number of alkyl halides is 3. The summed E-state index contributed by atoms with van der Waals surface area (Å²) in [4.78, 5) is 17.0. The van der Waals surface area contributed by atoms with Crippen LogP contribution in [0.4, 0.5) is 17.6 Å². The second kappa shape index (κ2) is 11.1. The minimum absolute atomic E-state index is 0.0545. The van der Waals surface area contributed by atoms with Crippen LogP contribution in [-0.4, -0.2) is 60.3 Å². The summed E-state index contributed by atoms with van der Waals surface area (Å²) in [5.74, 6) is -1.08. The molecule has 0 fully saturated rings. The van der Waals surface area contributed by atoms with Gasteiger partial charge >= 0.3 is 6.18 Å². The molecule has 1 aliphatic rings. The molecule has 4 rings (SSSR count). The molecule has 41 heavy (non-hydrogen) atoms. The van der Waals surface area contributed by atoms with Gasteiger partial charge in [0, 0.05) is 16.7 Å². The molecule has 1 aliphatic heterocycles. The molecule has 1 aromatic heterocycles. The van der Waals surface area contributed by atoms with Crippen LogP contribution in [0.15, 0.2) is 48.5 Å². The smallest absolute Gasteiger partial charge is 0.424 e. The fraction of sp³-hybridized carbons (Fsp3) is 0.357. The number of hydrogen-bond acceptors (Lipinski definition) is 8. The Morgan fingerprint density at radius 1 is 1.20 bits per heavy atom. The van der Waals surface area contributed by atoms with Gasteiger partial charge < -0.3 is 35.5 Å². The maximum atomic E-state index is 14.5. The van der Waals surface area contributed by atoms with E-state index in [1.54, 1.807) is 6.92 Å². The van der Waals surface area contributed by atoms with Crippen LogP contribution in [0.25, 0.3) is 11.3 Å². The highest BCUT2D eigenvalue weighted by Crippen LogP contribution is 2.46. The minimum atomic E-state index is -5.29. The van der Waals surface area contributed by atoms with Crippen LogP contribution in [0.1, 0.15) is 35.5 Å². The number of pyridine rings is 1. The van der Waals surface area contributed by atoms with E-state index in [4.69, 9.17) is 19.9 Å². The number of nitrogens with one attached hydrogen (secondary N) is 1. The van der Waals surface area contributed by atoms with Crippen molar-refractivity contribution in [3.8, 4) is 28.5 Å². The second-order valence-corrected chi connectivity index (χ2v) is 10.0.